The van der Waals surface area contributed by atoms with Crippen LogP contribution in [0.15, 0.2) is 42.6 Å². The van der Waals surface area contributed by atoms with Gasteiger partial charge in [0.1, 0.15) is 5.75 Å². The van der Waals surface area contributed by atoms with E-state index < -0.39 is 0 Å². The highest BCUT2D eigenvalue weighted by molar-refractivity contribution is 5.79. The van der Waals surface area contributed by atoms with Gasteiger partial charge >= 0.3 is 0 Å². The summed E-state index contributed by atoms with van der Waals surface area (Å²) in [6, 6.07) is 11.0. The monoisotopic (exact) mass is 356 g/mol. The number of nitrogens with one attached hydrogen (secondary N) is 1. The van der Waals surface area contributed by atoms with Crippen molar-refractivity contribution in [1.82, 2.24) is 10.3 Å². The average Bonchev–Trinajstić information content (AvgIpc) is 2.64. The van der Waals surface area contributed by atoms with Gasteiger partial charge in [-0.25, -0.2) is 4.98 Å². The zero-order valence-corrected chi connectivity index (χ0v) is 15.0. The number of carbonyl (C=O) groups is 1. The van der Waals surface area contributed by atoms with E-state index in [0.29, 0.717) is 18.7 Å². The van der Waals surface area contributed by atoms with Crippen LogP contribution in [0.3, 0.4) is 0 Å². The van der Waals surface area contributed by atoms with Gasteiger partial charge in [0.25, 0.3) is 0 Å². The first-order valence-corrected chi connectivity index (χ1v) is 8.69. The van der Waals surface area contributed by atoms with Crippen LogP contribution in [-0.2, 0) is 11.2 Å². The van der Waals surface area contributed by atoms with E-state index in [0.717, 1.165) is 16.9 Å². The molecule has 0 spiro atoms. The van der Waals surface area contributed by atoms with Crippen LogP contribution >= 0.6 is 0 Å². The molecule has 1 aromatic heterocycles. The van der Waals surface area contributed by atoms with Crippen LogP contribution in [0.5, 0.6) is 11.6 Å². The summed E-state index contributed by atoms with van der Waals surface area (Å²) in [4.78, 5) is 16.8. The van der Waals surface area contributed by atoms with E-state index in [2.05, 4.69) is 10.3 Å². The van der Waals surface area contributed by atoms with E-state index in [4.69, 9.17) is 9.47 Å². The summed E-state index contributed by atoms with van der Waals surface area (Å²) >= 11 is 0. The Morgan fingerprint density at radius 2 is 2.08 bits per heavy atom. The maximum atomic E-state index is 12.6. The molecule has 1 atom stereocenters. The van der Waals surface area contributed by atoms with Crippen molar-refractivity contribution in [2.75, 3.05) is 14.2 Å². The Labute approximate surface area is 153 Å². The summed E-state index contributed by atoms with van der Waals surface area (Å²) in [5, 5.41) is 12.8. The van der Waals surface area contributed by atoms with Crippen LogP contribution in [0.2, 0.25) is 0 Å². The fourth-order valence-electron chi connectivity index (χ4n) is 3.26. The van der Waals surface area contributed by atoms with E-state index in [1.165, 1.54) is 0 Å². The molecule has 1 amide bonds. The van der Waals surface area contributed by atoms with Crippen LogP contribution in [0.1, 0.15) is 30.0 Å². The third kappa shape index (κ3) is 4.32. The molecular formula is C20H24N2O4. The second kappa shape index (κ2) is 8.19. The van der Waals surface area contributed by atoms with Gasteiger partial charge in [0.2, 0.25) is 11.8 Å². The highest BCUT2D eigenvalue weighted by Gasteiger charge is 2.35. The Morgan fingerprint density at radius 1 is 1.27 bits per heavy atom. The number of aliphatic hydroxyl groups is 1. The molecule has 26 heavy (non-hydrogen) atoms. The lowest BCUT2D eigenvalue weighted by Crippen LogP contribution is -2.41. The largest absolute Gasteiger partial charge is 0.497 e. The quantitative estimate of drug-likeness (QED) is 0.795. The lowest BCUT2D eigenvalue weighted by molar-refractivity contribution is -0.122. The number of hydrogen-bond donors (Lipinski definition) is 2. The molecule has 0 bridgehead atoms. The number of ether oxygens (including phenoxy) is 2. The van der Waals surface area contributed by atoms with Crippen molar-refractivity contribution in [3.63, 3.8) is 0 Å². The summed E-state index contributed by atoms with van der Waals surface area (Å²) in [6.45, 7) is 0. The molecule has 1 fully saturated rings. The number of hydrogen-bond acceptors (Lipinski definition) is 5. The molecule has 1 heterocycles. The van der Waals surface area contributed by atoms with Gasteiger partial charge in [-0.15, -0.1) is 0 Å². The molecule has 1 aromatic carbocycles. The van der Waals surface area contributed by atoms with Crippen molar-refractivity contribution in [1.29, 1.82) is 0 Å². The summed E-state index contributed by atoms with van der Waals surface area (Å²) in [6.07, 6.45) is 3.06. The highest BCUT2D eigenvalue weighted by Crippen LogP contribution is 2.38. The molecular weight excluding hydrogens is 332 g/mol. The number of aromatic nitrogens is 1. The first kappa shape index (κ1) is 18.2. The molecule has 0 radical (unpaired) electrons. The van der Waals surface area contributed by atoms with E-state index in [1.807, 2.05) is 30.3 Å². The van der Waals surface area contributed by atoms with Gasteiger partial charge in [0.05, 0.1) is 32.8 Å². The first-order chi connectivity index (χ1) is 12.6. The lowest BCUT2D eigenvalue weighted by Gasteiger charge is -2.38. The van der Waals surface area contributed by atoms with Crippen LogP contribution in [0, 0.1) is 5.92 Å². The summed E-state index contributed by atoms with van der Waals surface area (Å²) in [5.41, 5.74) is 1.81. The second-order valence-electron chi connectivity index (χ2n) is 6.59. The predicted octanol–water partition coefficient (Wildman–Crippen LogP) is 2.27. The highest BCUT2D eigenvalue weighted by atomic mass is 16.5. The Morgan fingerprint density at radius 3 is 2.69 bits per heavy atom. The van der Waals surface area contributed by atoms with E-state index in [1.54, 1.807) is 26.5 Å². The molecule has 0 saturated heterocycles. The smallest absolute Gasteiger partial charge is 0.224 e. The minimum atomic E-state index is -0.288. The predicted molar refractivity (Wildman–Crippen MR) is 97.1 cm³/mol. The molecule has 1 aliphatic carbocycles. The van der Waals surface area contributed by atoms with Crippen molar-refractivity contribution < 1.29 is 19.4 Å². The van der Waals surface area contributed by atoms with Gasteiger partial charge in [0.15, 0.2) is 0 Å². The third-order valence-electron chi connectivity index (χ3n) is 4.76. The Balaban J connectivity index is 1.71. The fourth-order valence-corrected chi connectivity index (χ4v) is 3.26. The number of nitrogens with zero attached hydrogens (tertiary/aromatic N) is 1. The molecule has 138 valence electrons. The van der Waals surface area contributed by atoms with Crippen LogP contribution in [0.4, 0.5) is 0 Å². The van der Waals surface area contributed by atoms with Crippen molar-refractivity contribution in [3.8, 4) is 11.6 Å². The zero-order chi connectivity index (χ0) is 18.5. The van der Waals surface area contributed by atoms with E-state index >= 15 is 0 Å². The normalized spacial score (nSPS) is 20.0. The molecule has 2 N–H and O–H groups in total. The molecule has 1 saturated carbocycles. The first-order valence-electron chi connectivity index (χ1n) is 8.69. The van der Waals surface area contributed by atoms with E-state index in [9.17, 15) is 9.90 Å². The number of carbonyl (C=O) groups excluding carboxylic acids is 1. The maximum absolute atomic E-state index is 12.6. The summed E-state index contributed by atoms with van der Waals surface area (Å²) < 4.78 is 10.3. The number of methoxy groups -OCH3 is 2. The second-order valence-corrected chi connectivity index (χ2v) is 6.59. The average molecular weight is 356 g/mol. The zero-order valence-electron chi connectivity index (χ0n) is 15.0. The minimum absolute atomic E-state index is 0.0690. The van der Waals surface area contributed by atoms with Crippen molar-refractivity contribution >= 4 is 5.91 Å². The van der Waals surface area contributed by atoms with Gasteiger partial charge in [-0.05, 0) is 42.0 Å². The van der Waals surface area contributed by atoms with Crippen molar-refractivity contribution in [3.05, 3.63) is 53.7 Å². The number of benzene rings is 1. The van der Waals surface area contributed by atoms with Gasteiger partial charge in [-0.2, -0.15) is 0 Å². The Hall–Kier alpha value is -2.60. The molecule has 2 aromatic rings. The van der Waals surface area contributed by atoms with Crippen LogP contribution in [-0.4, -0.2) is 36.3 Å². The van der Waals surface area contributed by atoms with Gasteiger partial charge in [-0.1, -0.05) is 18.2 Å². The number of pyridine rings is 1. The summed E-state index contributed by atoms with van der Waals surface area (Å²) in [5.74, 6) is 1.40. The maximum Gasteiger partial charge on any atom is 0.224 e. The topological polar surface area (TPSA) is 80.7 Å². The number of rotatable bonds is 7. The van der Waals surface area contributed by atoms with Gasteiger partial charge < -0.3 is 19.9 Å². The molecule has 3 rings (SSSR count). The standard InChI is InChI=1S/C20H24N2O4/c1-25-17-5-3-4-13(8-17)9-18(24)22-20(15-10-16(23)11-15)14-6-7-19(26-2)21-12-14/h3-8,12,15-16,20,23H,9-11H2,1-2H3,(H,22,24)/t15?,16?,20-/m0/s1. The molecule has 6 nitrogen and oxygen atoms in total. The van der Waals surface area contributed by atoms with Crippen molar-refractivity contribution in [2.45, 2.75) is 31.4 Å². The molecule has 0 unspecified atom stereocenters. The van der Waals surface area contributed by atoms with Crippen LogP contribution < -0.4 is 14.8 Å². The van der Waals surface area contributed by atoms with E-state index in [-0.39, 0.29) is 30.4 Å². The number of amides is 1. The molecule has 6 heteroatoms. The lowest BCUT2D eigenvalue weighted by atomic mass is 9.75. The fraction of sp³-hybridized carbons (Fsp3) is 0.400. The third-order valence-corrected chi connectivity index (χ3v) is 4.76. The molecule has 1 aliphatic rings. The number of aliphatic hydroxyl groups excluding tert-OH is 1. The van der Waals surface area contributed by atoms with Crippen molar-refractivity contribution in [2.24, 2.45) is 5.92 Å². The SMILES string of the molecule is COc1cccc(CC(=O)N[C@@H](c2ccc(OC)nc2)C2CC(O)C2)c1. The minimum Gasteiger partial charge on any atom is -0.497 e. The van der Waals surface area contributed by atoms with Gasteiger partial charge in [0, 0.05) is 12.3 Å². The van der Waals surface area contributed by atoms with Gasteiger partial charge in [-0.3, -0.25) is 4.79 Å². The Kier molecular flexibility index (Phi) is 5.73. The molecule has 0 aliphatic heterocycles. The Bertz CT molecular complexity index is 742. The summed E-state index contributed by atoms with van der Waals surface area (Å²) in [7, 11) is 3.17. The van der Waals surface area contributed by atoms with Crippen LogP contribution in [0.25, 0.3) is 0 Å².